The van der Waals surface area contributed by atoms with Crippen LogP contribution in [0.25, 0.3) is 0 Å². The number of carbonyl (C=O) groups is 1. The molecule has 2 N–H and O–H groups in total. The van der Waals surface area contributed by atoms with Gasteiger partial charge in [-0.15, -0.1) is 0 Å². The van der Waals surface area contributed by atoms with Gasteiger partial charge in [-0.25, -0.2) is 0 Å². The zero-order chi connectivity index (χ0) is 14.3. The third kappa shape index (κ3) is 5.75. The molecule has 4 nitrogen and oxygen atoms in total. The Labute approximate surface area is 115 Å². The van der Waals surface area contributed by atoms with Crippen LogP contribution >= 0.6 is 0 Å². The lowest BCUT2D eigenvalue weighted by molar-refractivity contribution is -0.123. The quantitative estimate of drug-likeness (QED) is 0.787. The Hall–Kier alpha value is -1.55. The molecule has 1 aromatic rings. The molecule has 106 valence electrons. The van der Waals surface area contributed by atoms with Gasteiger partial charge in [0.2, 0.25) is 5.91 Å². The summed E-state index contributed by atoms with van der Waals surface area (Å²) in [6.07, 6.45) is -0.390. The standard InChI is InChI=1S/C15H24N2O2/c1-12(2)14(18)11-15(19)16-9-10-17(3)13-7-5-4-6-8-13/h4-8,12,14,18H,9-11H2,1-3H3,(H,16,19). The molecule has 1 amide bonds. The van der Waals surface area contributed by atoms with Crippen LogP contribution in [-0.2, 0) is 4.79 Å². The second-order valence-electron chi connectivity index (χ2n) is 5.12. The number of nitrogens with one attached hydrogen (secondary N) is 1. The van der Waals surface area contributed by atoms with Crippen molar-refractivity contribution in [2.24, 2.45) is 5.92 Å². The lowest BCUT2D eigenvalue weighted by atomic mass is 10.0. The first kappa shape index (κ1) is 15.5. The fourth-order valence-corrected chi connectivity index (χ4v) is 1.67. The number of aliphatic hydroxyl groups is 1. The zero-order valence-corrected chi connectivity index (χ0v) is 12.0. The Balaban J connectivity index is 2.25. The average Bonchev–Trinajstić information content (AvgIpc) is 2.39. The highest BCUT2D eigenvalue weighted by atomic mass is 16.3. The maximum atomic E-state index is 11.6. The van der Waals surface area contributed by atoms with E-state index in [9.17, 15) is 9.90 Å². The highest BCUT2D eigenvalue weighted by Gasteiger charge is 2.13. The molecule has 1 unspecified atom stereocenters. The van der Waals surface area contributed by atoms with E-state index in [-0.39, 0.29) is 18.2 Å². The van der Waals surface area contributed by atoms with E-state index in [2.05, 4.69) is 10.2 Å². The van der Waals surface area contributed by atoms with Crippen molar-refractivity contribution in [2.75, 3.05) is 25.0 Å². The van der Waals surface area contributed by atoms with Gasteiger partial charge in [0.25, 0.3) is 0 Å². The molecule has 19 heavy (non-hydrogen) atoms. The van der Waals surface area contributed by atoms with Crippen LogP contribution in [0.2, 0.25) is 0 Å². The minimum atomic E-state index is -0.563. The van der Waals surface area contributed by atoms with Crippen LogP contribution < -0.4 is 10.2 Å². The van der Waals surface area contributed by atoms with Gasteiger partial charge in [-0.1, -0.05) is 32.0 Å². The van der Waals surface area contributed by atoms with Crippen LogP contribution in [0.4, 0.5) is 5.69 Å². The zero-order valence-electron chi connectivity index (χ0n) is 12.0. The van der Waals surface area contributed by atoms with Crippen molar-refractivity contribution < 1.29 is 9.90 Å². The molecule has 0 aliphatic heterocycles. The lowest BCUT2D eigenvalue weighted by Gasteiger charge is -2.20. The number of benzene rings is 1. The van der Waals surface area contributed by atoms with Crippen LogP contribution in [0.5, 0.6) is 0 Å². The summed E-state index contributed by atoms with van der Waals surface area (Å²) in [6, 6.07) is 10.0. The van der Waals surface area contributed by atoms with Crippen molar-refractivity contribution in [3.8, 4) is 0 Å². The molecule has 1 atom stereocenters. The van der Waals surface area contributed by atoms with Gasteiger partial charge in [0.1, 0.15) is 0 Å². The number of nitrogens with zero attached hydrogens (tertiary/aromatic N) is 1. The number of amides is 1. The molecule has 0 heterocycles. The summed E-state index contributed by atoms with van der Waals surface area (Å²) in [5.74, 6) is 0.0143. The van der Waals surface area contributed by atoms with Crippen LogP contribution in [0.15, 0.2) is 30.3 Å². The van der Waals surface area contributed by atoms with Crippen molar-refractivity contribution in [3.05, 3.63) is 30.3 Å². The first-order valence-electron chi connectivity index (χ1n) is 6.71. The smallest absolute Gasteiger partial charge is 0.222 e. The van der Waals surface area contributed by atoms with Crippen LogP contribution in [0.3, 0.4) is 0 Å². The first-order chi connectivity index (χ1) is 9.00. The number of anilines is 1. The van der Waals surface area contributed by atoms with Gasteiger partial charge in [-0.3, -0.25) is 4.79 Å². The number of likely N-dealkylation sites (N-methyl/N-ethyl adjacent to an activating group) is 1. The Kier molecular flexibility index (Phi) is 6.36. The van der Waals surface area contributed by atoms with Gasteiger partial charge in [-0.2, -0.15) is 0 Å². The third-order valence-electron chi connectivity index (χ3n) is 3.13. The molecule has 0 bridgehead atoms. The summed E-state index contributed by atoms with van der Waals surface area (Å²) >= 11 is 0. The molecule has 0 aliphatic rings. The maximum Gasteiger partial charge on any atom is 0.222 e. The highest BCUT2D eigenvalue weighted by molar-refractivity contribution is 5.76. The largest absolute Gasteiger partial charge is 0.392 e. The summed E-state index contributed by atoms with van der Waals surface area (Å²) in [7, 11) is 1.99. The Bertz CT molecular complexity index is 379. The Morgan fingerprint density at radius 2 is 1.95 bits per heavy atom. The SMILES string of the molecule is CC(C)C(O)CC(=O)NCCN(C)c1ccccc1. The van der Waals surface area contributed by atoms with Crippen LogP contribution in [-0.4, -0.2) is 37.3 Å². The normalized spacial score (nSPS) is 12.3. The molecule has 0 aliphatic carbocycles. The van der Waals surface area contributed by atoms with E-state index in [1.807, 2.05) is 51.2 Å². The fourth-order valence-electron chi connectivity index (χ4n) is 1.67. The van der Waals surface area contributed by atoms with Crippen molar-refractivity contribution >= 4 is 11.6 Å². The minimum Gasteiger partial charge on any atom is -0.392 e. The van der Waals surface area contributed by atoms with Gasteiger partial charge < -0.3 is 15.3 Å². The van der Waals surface area contributed by atoms with Crippen molar-refractivity contribution in [1.29, 1.82) is 0 Å². The van der Waals surface area contributed by atoms with Gasteiger partial charge >= 0.3 is 0 Å². The number of rotatable bonds is 7. The number of carbonyl (C=O) groups excluding carboxylic acids is 1. The predicted octanol–water partition coefficient (Wildman–Crippen LogP) is 1.65. The third-order valence-corrected chi connectivity index (χ3v) is 3.13. The van der Waals surface area contributed by atoms with E-state index >= 15 is 0 Å². The molecule has 0 saturated carbocycles. The van der Waals surface area contributed by atoms with Crippen LogP contribution in [0.1, 0.15) is 20.3 Å². The van der Waals surface area contributed by atoms with Gasteiger partial charge in [-0.05, 0) is 18.1 Å². The molecule has 0 radical (unpaired) electrons. The first-order valence-corrected chi connectivity index (χ1v) is 6.71. The Morgan fingerprint density at radius 3 is 2.53 bits per heavy atom. The summed E-state index contributed by atoms with van der Waals surface area (Å²) in [4.78, 5) is 13.7. The fraction of sp³-hybridized carbons (Fsp3) is 0.533. The van der Waals surface area contributed by atoms with E-state index in [0.29, 0.717) is 6.54 Å². The Morgan fingerprint density at radius 1 is 1.32 bits per heavy atom. The minimum absolute atomic E-state index is 0.0948. The van der Waals surface area contributed by atoms with Gasteiger partial charge in [0.15, 0.2) is 0 Å². The van der Waals surface area contributed by atoms with E-state index in [1.54, 1.807) is 0 Å². The highest BCUT2D eigenvalue weighted by Crippen LogP contribution is 2.09. The molecule has 1 aromatic carbocycles. The number of aliphatic hydroxyl groups excluding tert-OH is 1. The molecule has 4 heteroatoms. The molecule has 0 aromatic heterocycles. The monoisotopic (exact) mass is 264 g/mol. The summed E-state index contributed by atoms with van der Waals surface area (Å²) in [6.45, 7) is 5.13. The second kappa shape index (κ2) is 7.79. The number of hydrogen-bond acceptors (Lipinski definition) is 3. The van der Waals surface area contributed by atoms with Crippen molar-refractivity contribution in [3.63, 3.8) is 0 Å². The van der Waals surface area contributed by atoms with E-state index in [0.717, 1.165) is 12.2 Å². The maximum absolute atomic E-state index is 11.6. The molecular formula is C15H24N2O2. The lowest BCUT2D eigenvalue weighted by Crippen LogP contribution is -2.35. The van der Waals surface area contributed by atoms with Gasteiger partial charge in [0.05, 0.1) is 12.5 Å². The van der Waals surface area contributed by atoms with Crippen LogP contribution in [0, 0.1) is 5.92 Å². The van der Waals surface area contributed by atoms with Crippen molar-refractivity contribution in [1.82, 2.24) is 5.32 Å². The molecular weight excluding hydrogens is 240 g/mol. The summed E-state index contributed by atoms with van der Waals surface area (Å²) in [5, 5.41) is 12.4. The topological polar surface area (TPSA) is 52.6 Å². The van der Waals surface area contributed by atoms with E-state index < -0.39 is 6.10 Å². The molecule has 1 rings (SSSR count). The molecule has 0 fully saturated rings. The average molecular weight is 264 g/mol. The molecule has 0 spiro atoms. The summed E-state index contributed by atoms with van der Waals surface area (Å²) < 4.78 is 0. The van der Waals surface area contributed by atoms with E-state index in [1.165, 1.54) is 0 Å². The summed E-state index contributed by atoms with van der Waals surface area (Å²) in [5.41, 5.74) is 1.12. The van der Waals surface area contributed by atoms with Crippen molar-refractivity contribution in [2.45, 2.75) is 26.4 Å². The molecule has 0 saturated heterocycles. The second-order valence-corrected chi connectivity index (χ2v) is 5.12. The predicted molar refractivity (Wildman–Crippen MR) is 78.2 cm³/mol. The number of para-hydroxylation sites is 1. The van der Waals surface area contributed by atoms with E-state index in [4.69, 9.17) is 0 Å². The number of hydrogen-bond donors (Lipinski definition) is 2. The van der Waals surface area contributed by atoms with Gasteiger partial charge in [0, 0.05) is 25.8 Å².